The van der Waals surface area contributed by atoms with E-state index in [1.54, 1.807) is 6.07 Å². The SMILES string of the molecule is Cc1nc(-c2cc(-c3cccc(S(C)(=O)=O)c3)ccc2-n2ccc(C(F)(F)F)n2)c(-c2cc(F)c(OC(F)F)c(F)c2)o1. The van der Waals surface area contributed by atoms with Crippen molar-refractivity contribution in [3.8, 4) is 45.1 Å². The molecule has 0 saturated carbocycles. The van der Waals surface area contributed by atoms with Crippen molar-refractivity contribution in [2.75, 3.05) is 6.26 Å². The van der Waals surface area contributed by atoms with Crippen LogP contribution in [-0.4, -0.2) is 36.0 Å². The third kappa shape index (κ3) is 6.11. The highest BCUT2D eigenvalue weighted by atomic mass is 32.2. The average Bonchev–Trinajstić information content (AvgIpc) is 3.57. The molecular weight excluding hydrogens is 607 g/mol. The Balaban J connectivity index is 1.74. The summed E-state index contributed by atoms with van der Waals surface area (Å²) < 4.78 is 129. The standard InChI is InChI=1S/C28H18F7N3O4S/c1-14-36-24(25(41-14)17-12-20(29)26(21(30)13-17)42-27(31)32)19-11-16(15-4-3-5-18(10-15)43(2,39)40)6-7-22(19)38-9-8-23(37-38)28(33,34)35/h3-13,27H,1-2H3. The molecule has 0 fully saturated rings. The van der Waals surface area contributed by atoms with Crippen molar-refractivity contribution in [2.24, 2.45) is 0 Å². The quantitative estimate of drug-likeness (QED) is 0.175. The molecule has 5 rings (SSSR count). The summed E-state index contributed by atoms with van der Waals surface area (Å²) in [6.07, 6.45) is -2.69. The Kier molecular flexibility index (Phi) is 7.54. The lowest BCUT2D eigenvalue weighted by Crippen LogP contribution is -2.08. The van der Waals surface area contributed by atoms with Crippen LogP contribution in [0.5, 0.6) is 5.75 Å². The first-order valence-electron chi connectivity index (χ1n) is 12.1. The van der Waals surface area contributed by atoms with Gasteiger partial charge in [-0.15, -0.1) is 0 Å². The maximum absolute atomic E-state index is 14.6. The van der Waals surface area contributed by atoms with Crippen LogP contribution in [0.4, 0.5) is 30.7 Å². The smallest absolute Gasteiger partial charge is 0.435 e. The van der Waals surface area contributed by atoms with E-state index < -0.39 is 45.7 Å². The van der Waals surface area contributed by atoms with Gasteiger partial charge in [0.15, 0.2) is 44.6 Å². The van der Waals surface area contributed by atoms with Crippen LogP contribution in [0.2, 0.25) is 0 Å². The van der Waals surface area contributed by atoms with Gasteiger partial charge in [0.1, 0.15) is 5.69 Å². The lowest BCUT2D eigenvalue weighted by atomic mass is 9.98. The van der Waals surface area contributed by atoms with E-state index in [4.69, 9.17) is 4.42 Å². The molecule has 3 aromatic carbocycles. The molecule has 2 aromatic heterocycles. The van der Waals surface area contributed by atoms with E-state index in [9.17, 15) is 39.2 Å². The second kappa shape index (κ2) is 10.9. The van der Waals surface area contributed by atoms with Crippen molar-refractivity contribution in [1.82, 2.24) is 14.8 Å². The van der Waals surface area contributed by atoms with Crippen LogP contribution in [0.1, 0.15) is 11.6 Å². The number of sulfone groups is 1. The highest BCUT2D eigenvalue weighted by Gasteiger charge is 2.34. The summed E-state index contributed by atoms with van der Waals surface area (Å²) in [6.45, 7) is -2.09. The normalized spacial score (nSPS) is 12.2. The number of aryl methyl sites for hydroxylation is 1. The molecule has 2 heterocycles. The minimum atomic E-state index is -4.76. The van der Waals surface area contributed by atoms with Gasteiger partial charge in [-0.2, -0.15) is 27.1 Å². The van der Waals surface area contributed by atoms with E-state index in [0.717, 1.165) is 23.2 Å². The van der Waals surface area contributed by atoms with Crippen molar-refractivity contribution in [1.29, 1.82) is 0 Å². The summed E-state index contributed by atoms with van der Waals surface area (Å²) in [4.78, 5) is 4.31. The summed E-state index contributed by atoms with van der Waals surface area (Å²) in [7, 11) is -3.59. The number of aromatic nitrogens is 3. The highest BCUT2D eigenvalue weighted by molar-refractivity contribution is 7.90. The van der Waals surface area contributed by atoms with E-state index >= 15 is 0 Å². The maximum Gasteiger partial charge on any atom is 0.435 e. The molecule has 15 heteroatoms. The molecule has 0 unspecified atom stereocenters. The fraction of sp³-hybridized carbons (Fsp3) is 0.143. The first kappa shape index (κ1) is 29.8. The Morgan fingerprint density at radius 2 is 1.60 bits per heavy atom. The third-order valence-corrected chi connectivity index (χ3v) is 7.29. The molecule has 0 spiro atoms. The lowest BCUT2D eigenvalue weighted by molar-refractivity contribution is -0.141. The molecule has 0 radical (unpaired) electrons. The van der Waals surface area contributed by atoms with Gasteiger partial charge in [0, 0.05) is 30.5 Å². The Morgan fingerprint density at radius 3 is 2.21 bits per heavy atom. The summed E-state index contributed by atoms with van der Waals surface area (Å²) >= 11 is 0. The van der Waals surface area contributed by atoms with Gasteiger partial charge in [0.25, 0.3) is 0 Å². The second-order valence-electron chi connectivity index (χ2n) is 9.23. The predicted molar refractivity (Wildman–Crippen MR) is 139 cm³/mol. The molecule has 43 heavy (non-hydrogen) atoms. The van der Waals surface area contributed by atoms with Gasteiger partial charge in [-0.3, -0.25) is 0 Å². The van der Waals surface area contributed by atoms with E-state index in [2.05, 4.69) is 14.8 Å². The van der Waals surface area contributed by atoms with Crippen molar-refractivity contribution in [3.63, 3.8) is 0 Å². The van der Waals surface area contributed by atoms with Crippen LogP contribution in [0, 0.1) is 18.6 Å². The first-order chi connectivity index (χ1) is 20.1. The summed E-state index contributed by atoms with van der Waals surface area (Å²) in [5.41, 5.74) is -0.611. The fourth-order valence-electron chi connectivity index (χ4n) is 4.32. The van der Waals surface area contributed by atoms with Crippen molar-refractivity contribution >= 4 is 9.84 Å². The van der Waals surface area contributed by atoms with Crippen LogP contribution in [0.25, 0.3) is 39.4 Å². The molecular formula is C28H18F7N3O4S. The number of halogens is 7. The van der Waals surface area contributed by atoms with Gasteiger partial charge >= 0.3 is 12.8 Å². The van der Waals surface area contributed by atoms with Gasteiger partial charge < -0.3 is 9.15 Å². The molecule has 0 N–H and O–H groups in total. The molecule has 7 nitrogen and oxygen atoms in total. The molecule has 0 amide bonds. The molecule has 0 aliphatic heterocycles. The Labute approximate surface area is 239 Å². The molecule has 0 aliphatic carbocycles. The lowest BCUT2D eigenvalue weighted by Gasteiger charge is -2.13. The largest absolute Gasteiger partial charge is 0.440 e. The van der Waals surface area contributed by atoms with Crippen LogP contribution in [-0.2, 0) is 16.0 Å². The van der Waals surface area contributed by atoms with Gasteiger partial charge in [-0.05, 0) is 53.6 Å². The number of ether oxygens (including phenoxy) is 1. The summed E-state index contributed by atoms with van der Waals surface area (Å²) in [5, 5.41) is 3.61. The predicted octanol–water partition coefficient (Wildman–Crippen LogP) is 7.47. The average molecular weight is 626 g/mol. The van der Waals surface area contributed by atoms with Crippen LogP contribution in [0.3, 0.4) is 0 Å². The van der Waals surface area contributed by atoms with Crippen molar-refractivity contribution < 1.29 is 48.3 Å². The molecule has 0 aliphatic rings. The number of rotatable bonds is 7. The van der Waals surface area contributed by atoms with E-state index in [-0.39, 0.29) is 39.1 Å². The van der Waals surface area contributed by atoms with Gasteiger partial charge in [-0.25, -0.2) is 26.9 Å². The Bertz CT molecular complexity index is 1930. The highest BCUT2D eigenvalue weighted by Crippen LogP contribution is 2.40. The van der Waals surface area contributed by atoms with Crippen LogP contribution < -0.4 is 4.74 Å². The number of benzene rings is 3. The Hall–Kier alpha value is -4.66. The first-order valence-corrected chi connectivity index (χ1v) is 14.0. The molecule has 224 valence electrons. The Morgan fingerprint density at radius 1 is 0.930 bits per heavy atom. The monoisotopic (exact) mass is 625 g/mol. The second-order valence-corrected chi connectivity index (χ2v) is 11.2. The van der Waals surface area contributed by atoms with Gasteiger partial charge in [0.05, 0.1) is 10.6 Å². The molecule has 0 bridgehead atoms. The number of hydrogen-bond donors (Lipinski definition) is 0. The molecule has 0 saturated heterocycles. The zero-order valence-electron chi connectivity index (χ0n) is 22.0. The minimum absolute atomic E-state index is 0.00699. The van der Waals surface area contributed by atoms with Gasteiger partial charge in [0.2, 0.25) is 0 Å². The van der Waals surface area contributed by atoms with Gasteiger partial charge in [-0.1, -0.05) is 18.2 Å². The summed E-state index contributed by atoms with van der Waals surface area (Å²) in [5.74, 6) is -4.51. The zero-order valence-corrected chi connectivity index (χ0v) is 22.8. The van der Waals surface area contributed by atoms with Crippen LogP contribution >= 0.6 is 0 Å². The fourth-order valence-corrected chi connectivity index (χ4v) is 4.99. The molecule has 0 atom stereocenters. The number of hydrogen-bond acceptors (Lipinski definition) is 6. The van der Waals surface area contributed by atoms with Crippen molar-refractivity contribution in [2.45, 2.75) is 24.6 Å². The number of oxazole rings is 1. The van der Waals surface area contributed by atoms with E-state index in [1.165, 1.54) is 43.3 Å². The number of nitrogens with zero attached hydrogens (tertiary/aromatic N) is 3. The summed E-state index contributed by atoms with van der Waals surface area (Å²) in [6, 6.07) is 12.4. The third-order valence-electron chi connectivity index (χ3n) is 6.18. The topological polar surface area (TPSA) is 87.2 Å². The minimum Gasteiger partial charge on any atom is -0.440 e. The molecule has 5 aromatic rings. The van der Waals surface area contributed by atoms with E-state index in [1.807, 2.05) is 0 Å². The number of alkyl halides is 5. The zero-order chi connectivity index (χ0) is 31.3. The van der Waals surface area contributed by atoms with Crippen LogP contribution in [0.15, 0.2) is 76.2 Å². The van der Waals surface area contributed by atoms with Crippen molar-refractivity contribution in [3.05, 3.63) is 90.1 Å². The maximum atomic E-state index is 14.6. The van der Waals surface area contributed by atoms with E-state index in [0.29, 0.717) is 23.3 Å².